The molecule has 1 fully saturated rings. The molecular weight excluding hydrogens is 326 g/mol. The van der Waals surface area contributed by atoms with E-state index in [4.69, 9.17) is 5.73 Å². The standard InChI is InChI=1S/C21H33N3O2/c1-15-10-16(2)20(17(3)11-15)23-18(25)13-24(4)19(26)12-21(14-22)8-6-5-7-9-21/h10-11H,5-9,12-14,22H2,1-4H3,(H,23,25). The van der Waals surface area contributed by atoms with Gasteiger partial charge in [-0.15, -0.1) is 0 Å². The van der Waals surface area contributed by atoms with Gasteiger partial charge >= 0.3 is 0 Å². The Bertz CT molecular complexity index is 640. The molecule has 0 heterocycles. The first-order valence-electron chi connectivity index (χ1n) is 9.58. The van der Waals surface area contributed by atoms with Crippen LogP contribution in [0.5, 0.6) is 0 Å². The van der Waals surface area contributed by atoms with Crippen LogP contribution in [0, 0.1) is 26.2 Å². The van der Waals surface area contributed by atoms with E-state index in [-0.39, 0.29) is 23.8 Å². The first-order valence-corrected chi connectivity index (χ1v) is 9.58. The maximum Gasteiger partial charge on any atom is 0.243 e. The Balaban J connectivity index is 1.95. The Morgan fingerprint density at radius 3 is 2.23 bits per heavy atom. The van der Waals surface area contributed by atoms with Gasteiger partial charge < -0.3 is 16.0 Å². The topological polar surface area (TPSA) is 75.4 Å². The Morgan fingerprint density at radius 1 is 1.12 bits per heavy atom. The van der Waals surface area contributed by atoms with Crippen LogP contribution in [0.15, 0.2) is 12.1 Å². The number of rotatable bonds is 6. The van der Waals surface area contributed by atoms with Gasteiger partial charge in [0.15, 0.2) is 0 Å². The molecule has 0 saturated heterocycles. The number of nitrogens with one attached hydrogen (secondary N) is 1. The second kappa shape index (κ2) is 8.67. The summed E-state index contributed by atoms with van der Waals surface area (Å²) in [5.41, 5.74) is 9.99. The van der Waals surface area contributed by atoms with Crippen molar-refractivity contribution in [2.75, 3.05) is 25.5 Å². The molecule has 3 N–H and O–H groups in total. The predicted molar refractivity (Wildman–Crippen MR) is 106 cm³/mol. The Morgan fingerprint density at radius 2 is 1.69 bits per heavy atom. The normalized spacial score (nSPS) is 16.2. The Kier molecular flexibility index (Phi) is 6.81. The van der Waals surface area contributed by atoms with Crippen LogP contribution in [-0.4, -0.2) is 36.9 Å². The summed E-state index contributed by atoms with van der Waals surface area (Å²) in [5.74, 6) is -0.161. The van der Waals surface area contributed by atoms with E-state index >= 15 is 0 Å². The molecule has 0 spiro atoms. The lowest BCUT2D eigenvalue weighted by atomic mass is 9.71. The van der Waals surface area contributed by atoms with Gasteiger partial charge in [-0.1, -0.05) is 37.0 Å². The number of carbonyl (C=O) groups is 2. The SMILES string of the molecule is Cc1cc(C)c(NC(=O)CN(C)C(=O)CC2(CN)CCCCC2)c(C)c1. The predicted octanol–water partition coefficient (Wildman–Crippen LogP) is 3.31. The van der Waals surface area contributed by atoms with Gasteiger partial charge in [0.1, 0.15) is 0 Å². The molecule has 0 radical (unpaired) electrons. The summed E-state index contributed by atoms with van der Waals surface area (Å²) in [4.78, 5) is 26.6. The van der Waals surface area contributed by atoms with Crippen LogP contribution < -0.4 is 11.1 Å². The smallest absolute Gasteiger partial charge is 0.243 e. The van der Waals surface area contributed by atoms with E-state index in [0.717, 1.165) is 42.5 Å². The molecule has 0 unspecified atom stereocenters. The van der Waals surface area contributed by atoms with Crippen molar-refractivity contribution in [2.24, 2.45) is 11.1 Å². The quantitative estimate of drug-likeness (QED) is 0.818. The lowest BCUT2D eigenvalue weighted by molar-refractivity contribution is -0.135. The van der Waals surface area contributed by atoms with Gasteiger partial charge in [0.05, 0.1) is 6.54 Å². The van der Waals surface area contributed by atoms with E-state index in [0.29, 0.717) is 13.0 Å². The average Bonchev–Trinajstić information content (AvgIpc) is 2.58. The highest BCUT2D eigenvalue weighted by Crippen LogP contribution is 2.38. The highest BCUT2D eigenvalue weighted by molar-refractivity contribution is 5.95. The Hall–Kier alpha value is -1.88. The molecule has 1 aliphatic carbocycles. The van der Waals surface area contributed by atoms with Crippen LogP contribution in [0.4, 0.5) is 5.69 Å². The first kappa shape index (κ1) is 20.4. The van der Waals surface area contributed by atoms with Crippen molar-refractivity contribution in [3.8, 4) is 0 Å². The van der Waals surface area contributed by atoms with Crippen molar-refractivity contribution < 1.29 is 9.59 Å². The molecule has 5 nitrogen and oxygen atoms in total. The monoisotopic (exact) mass is 359 g/mol. The van der Waals surface area contributed by atoms with Crippen LogP contribution in [0.1, 0.15) is 55.2 Å². The van der Waals surface area contributed by atoms with Gasteiger partial charge in [0, 0.05) is 19.2 Å². The van der Waals surface area contributed by atoms with E-state index in [1.54, 1.807) is 7.05 Å². The average molecular weight is 360 g/mol. The molecule has 1 aromatic carbocycles. The molecule has 1 aromatic rings. The molecular formula is C21H33N3O2. The zero-order valence-corrected chi connectivity index (χ0v) is 16.7. The number of hydrogen-bond acceptors (Lipinski definition) is 3. The fourth-order valence-electron chi connectivity index (χ4n) is 4.07. The summed E-state index contributed by atoms with van der Waals surface area (Å²) < 4.78 is 0. The maximum absolute atomic E-state index is 12.6. The fraction of sp³-hybridized carbons (Fsp3) is 0.619. The third-order valence-corrected chi connectivity index (χ3v) is 5.62. The van der Waals surface area contributed by atoms with Crippen molar-refractivity contribution in [3.05, 3.63) is 28.8 Å². The van der Waals surface area contributed by atoms with Gasteiger partial charge in [-0.25, -0.2) is 0 Å². The van der Waals surface area contributed by atoms with Crippen molar-refractivity contribution in [1.29, 1.82) is 0 Å². The lowest BCUT2D eigenvalue weighted by Gasteiger charge is -2.36. The van der Waals surface area contributed by atoms with Crippen molar-refractivity contribution in [1.82, 2.24) is 4.90 Å². The fourth-order valence-corrected chi connectivity index (χ4v) is 4.07. The van der Waals surface area contributed by atoms with Gasteiger partial charge in [0.2, 0.25) is 11.8 Å². The minimum atomic E-state index is -0.165. The molecule has 2 amide bonds. The second-order valence-corrected chi connectivity index (χ2v) is 8.01. The van der Waals surface area contributed by atoms with E-state index in [9.17, 15) is 9.59 Å². The number of benzene rings is 1. The summed E-state index contributed by atoms with van der Waals surface area (Å²) in [6, 6.07) is 4.09. The Labute approximate surface area is 157 Å². The highest BCUT2D eigenvalue weighted by Gasteiger charge is 2.34. The van der Waals surface area contributed by atoms with E-state index in [2.05, 4.69) is 5.32 Å². The largest absolute Gasteiger partial charge is 0.336 e. The van der Waals surface area contributed by atoms with E-state index in [1.165, 1.54) is 16.9 Å². The van der Waals surface area contributed by atoms with Gasteiger partial charge in [-0.05, 0) is 56.7 Å². The van der Waals surface area contributed by atoms with Crippen LogP contribution in [0.2, 0.25) is 0 Å². The molecule has 0 bridgehead atoms. The third kappa shape index (κ3) is 5.07. The third-order valence-electron chi connectivity index (χ3n) is 5.62. The van der Waals surface area contributed by atoms with Crippen LogP contribution in [0.25, 0.3) is 0 Å². The van der Waals surface area contributed by atoms with Crippen molar-refractivity contribution >= 4 is 17.5 Å². The summed E-state index contributed by atoms with van der Waals surface area (Å²) in [6.07, 6.45) is 5.97. The van der Waals surface area contributed by atoms with Crippen LogP contribution >= 0.6 is 0 Å². The van der Waals surface area contributed by atoms with Gasteiger partial charge in [-0.2, -0.15) is 0 Å². The van der Waals surface area contributed by atoms with Crippen molar-refractivity contribution in [2.45, 2.75) is 59.3 Å². The molecule has 0 aromatic heterocycles. The lowest BCUT2D eigenvalue weighted by Crippen LogP contribution is -2.41. The van der Waals surface area contributed by atoms with Crippen molar-refractivity contribution in [3.63, 3.8) is 0 Å². The van der Waals surface area contributed by atoms with Crippen LogP contribution in [-0.2, 0) is 9.59 Å². The molecule has 2 rings (SSSR count). The summed E-state index contributed by atoms with van der Waals surface area (Å²) in [5, 5.41) is 2.96. The number of nitrogens with two attached hydrogens (primary N) is 1. The maximum atomic E-state index is 12.6. The molecule has 144 valence electrons. The molecule has 0 atom stereocenters. The van der Waals surface area contributed by atoms with Gasteiger partial charge in [0.25, 0.3) is 0 Å². The van der Waals surface area contributed by atoms with Gasteiger partial charge in [-0.3, -0.25) is 9.59 Å². The number of aryl methyl sites for hydroxylation is 3. The number of hydrogen-bond donors (Lipinski definition) is 2. The zero-order valence-electron chi connectivity index (χ0n) is 16.7. The molecule has 0 aliphatic heterocycles. The number of anilines is 1. The minimum Gasteiger partial charge on any atom is -0.336 e. The number of nitrogens with zero attached hydrogens (tertiary/aromatic N) is 1. The van der Waals surface area contributed by atoms with Crippen LogP contribution in [0.3, 0.4) is 0 Å². The summed E-state index contributed by atoms with van der Waals surface area (Å²) in [7, 11) is 1.70. The molecule has 1 aliphatic rings. The number of amides is 2. The number of likely N-dealkylation sites (N-methyl/N-ethyl adjacent to an activating group) is 1. The first-order chi connectivity index (χ1) is 12.3. The summed E-state index contributed by atoms with van der Waals surface area (Å²) >= 11 is 0. The molecule has 5 heteroatoms. The number of carbonyl (C=O) groups excluding carboxylic acids is 2. The minimum absolute atomic E-state index is 0.00449. The molecule has 1 saturated carbocycles. The summed E-state index contributed by atoms with van der Waals surface area (Å²) in [6.45, 7) is 6.61. The van der Waals surface area contributed by atoms with E-state index < -0.39 is 0 Å². The molecule has 26 heavy (non-hydrogen) atoms. The zero-order chi connectivity index (χ0) is 19.3. The second-order valence-electron chi connectivity index (χ2n) is 8.01. The highest BCUT2D eigenvalue weighted by atomic mass is 16.2. The van der Waals surface area contributed by atoms with E-state index in [1.807, 2.05) is 32.9 Å².